The summed E-state index contributed by atoms with van der Waals surface area (Å²) in [4.78, 5) is 40.0. The molecule has 0 saturated heterocycles. The van der Waals surface area contributed by atoms with Gasteiger partial charge < -0.3 is 9.80 Å². The van der Waals surface area contributed by atoms with Gasteiger partial charge >= 0.3 is 0 Å². The fourth-order valence-electron chi connectivity index (χ4n) is 2.88. The Morgan fingerprint density at radius 3 is 2.25 bits per heavy atom. The Bertz CT molecular complexity index is 786. The number of fused-ring (bicyclic) bond motifs is 1. The smallest absolute Gasteiger partial charge is 0.229 e. The standard InChI is InChI=1S/C19H18N2O3/c1-14(22)20-12-11-19(24)21(17-10-6-5-9-16(17)20)13-18(23)15-7-3-2-4-8-15/h2-10H,11-13H2,1H3. The monoisotopic (exact) mass is 322 g/mol. The minimum absolute atomic E-state index is 0.0361. The molecule has 0 N–H and O–H groups in total. The van der Waals surface area contributed by atoms with Crippen LogP contribution < -0.4 is 9.80 Å². The minimum atomic E-state index is -0.157. The van der Waals surface area contributed by atoms with Gasteiger partial charge in [0.25, 0.3) is 0 Å². The number of carbonyl (C=O) groups is 3. The Hall–Kier alpha value is -2.95. The van der Waals surface area contributed by atoms with Crippen LogP contribution in [0.5, 0.6) is 0 Å². The summed E-state index contributed by atoms with van der Waals surface area (Å²) in [5.74, 6) is -0.406. The zero-order valence-corrected chi connectivity index (χ0v) is 13.4. The van der Waals surface area contributed by atoms with Gasteiger partial charge in [-0.2, -0.15) is 0 Å². The van der Waals surface area contributed by atoms with E-state index in [4.69, 9.17) is 0 Å². The van der Waals surface area contributed by atoms with Gasteiger partial charge in [-0.05, 0) is 12.1 Å². The van der Waals surface area contributed by atoms with E-state index in [-0.39, 0.29) is 30.6 Å². The largest absolute Gasteiger partial charge is 0.310 e. The van der Waals surface area contributed by atoms with Gasteiger partial charge in [0, 0.05) is 25.5 Å². The minimum Gasteiger partial charge on any atom is -0.310 e. The summed E-state index contributed by atoms with van der Waals surface area (Å²) >= 11 is 0. The van der Waals surface area contributed by atoms with Crippen LogP contribution in [0.3, 0.4) is 0 Å². The third-order valence-electron chi connectivity index (χ3n) is 4.09. The molecular formula is C19H18N2O3. The second-order valence-electron chi connectivity index (χ2n) is 5.68. The van der Waals surface area contributed by atoms with Crippen LogP contribution in [0.25, 0.3) is 0 Å². The molecule has 5 heteroatoms. The Kier molecular flexibility index (Phi) is 4.42. The number of carbonyl (C=O) groups excluding carboxylic acids is 3. The Morgan fingerprint density at radius 1 is 0.958 bits per heavy atom. The van der Waals surface area contributed by atoms with Crippen molar-refractivity contribution in [1.82, 2.24) is 0 Å². The number of anilines is 2. The van der Waals surface area contributed by atoms with Crippen molar-refractivity contribution in [2.24, 2.45) is 0 Å². The molecule has 3 rings (SSSR count). The maximum absolute atomic E-state index is 12.5. The van der Waals surface area contributed by atoms with Gasteiger partial charge in [-0.25, -0.2) is 0 Å². The second-order valence-corrected chi connectivity index (χ2v) is 5.68. The molecule has 0 aliphatic carbocycles. The first-order chi connectivity index (χ1) is 11.6. The zero-order chi connectivity index (χ0) is 17.1. The highest BCUT2D eigenvalue weighted by Crippen LogP contribution is 2.32. The molecule has 0 saturated carbocycles. The lowest BCUT2D eigenvalue weighted by Gasteiger charge is -2.24. The van der Waals surface area contributed by atoms with Gasteiger partial charge in [-0.3, -0.25) is 14.4 Å². The molecule has 0 aromatic heterocycles. The first kappa shape index (κ1) is 15.9. The normalized spacial score (nSPS) is 14.1. The molecule has 0 atom stereocenters. The molecule has 2 aromatic carbocycles. The van der Waals surface area contributed by atoms with E-state index in [0.717, 1.165) is 0 Å². The maximum Gasteiger partial charge on any atom is 0.229 e. The van der Waals surface area contributed by atoms with Crippen molar-refractivity contribution in [3.63, 3.8) is 0 Å². The van der Waals surface area contributed by atoms with Crippen LogP contribution in [-0.2, 0) is 9.59 Å². The van der Waals surface area contributed by atoms with E-state index in [2.05, 4.69) is 0 Å². The van der Waals surface area contributed by atoms with Crippen LogP contribution in [0.1, 0.15) is 23.7 Å². The van der Waals surface area contributed by atoms with Gasteiger partial charge in [0.15, 0.2) is 5.78 Å². The molecule has 2 amide bonds. The molecule has 24 heavy (non-hydrogen) atoms. The molecule has 0 spiro atoms. The van der Waals surface area contributed by atoms with E-state index in [9.17, 15) is 14.4 Å². The quantitative estimate of drug-likeness (QED) is 0.816. The van der Waals surface area contributed by atoms with Crippen LogP contribution >= 0.6 is 0 Å². The Morgan fingerprint density at radius 2 is 1.58 bits per heavy atom. The molecule has 122 valence electrons. The number of hydrogen-bond donors (Lipinski definition) is 0. The van der Waals surface area contributed by atoms with E-state index in [0.29, 0.717) is 23.5 Å². The van der Waals surface area contributed by atoms with Crippen LogP contribution in [0.15, 0.2) is 54.6 Å². The highest BCUT2D eigenvalue weighted by atomic mass is 16.2. The average Bonchev–Trinajstić information content (AvgIpc) is 2.73. The van der Waals surface area contributed by atoms with Crippen molar-refractivity contribution in [3.05, 3.63) is 60.2 Å². The summed E-state index contributed by atoms with van der Waals surface area (Å²) in [7, 11) is 0. The first-order valence-corrected chi connectivity index (χ1v) is 7.83. The number of rotatable bonds is 3. The predicted octanol–water partition coefficient (Wildman–Crippen LogP) is 2.66. The second kappa shape index (κ2) is 6.66. The van der Waals surface area contributed by atoms with E-state index >= 15 is 0 Å². The van der Waals surface area contributed by atoms with Gasteiger partial charge in [0.05, 0.1) is 17.9 Å². The molecule has 0 fully saturated rings. The Balaban J connectivity index is 1.96. The van der Waals surface area contributed by atoms with Gasteiger partial charge in [0.1, 0.15) is 0 Å². The van der Waals surface area contributed by atoms with Gasteiger partial charge in [0.2, 0.25) is 11.8 Å². The Labute approximate surface area is 140 Å². The summed E-state index contributed by atoms with van der Waals surface area (Å²) in [5.41, 5.74) is 1.83. The maximum atomic E-state index is 12.5. The number of amides is 2. The molecule has 0 radical (unpaired) electrons. The van der Waals surface area contributed by atoms with E-state index < -0.39 is 0 Å². The molecule has 1 heterocycles. The zero-order valence-electron chi connectivity index (χ0n) is 13.4. The lowest BCUT2D eigenvalue weighted by Crippen LogP contribution is -2.35. The van der Waals surface area contributed by atoms with Crippen molar-refractivity contribution >= 4 is 29.0 Å². The average molecular weight is 322 g/mol. The van der Waals surface area contributed by atoms with Crippen molar-refractivity contribution in [1.29, 1.82) is 0 Å². The number of para-hydroxylation sites is 2. The number of Topliss-reactive ketones (excluding diaryl/α,β-unsaturated/α-hetero) is 1. The summed E-state index contributed by atoms with van der Waals surface area (Å²) in [6.07, 6.45) is 0.191. The number of ketones is 1. The third kappa shape index (κ3) is 3.06. The lowest BCUT2D eigenvalue weighted by atomic mass is 10.1. The summed E-state index contributed by atoms with van der Waals surface area (Å²) in [6.45, 7) is 1.76. The van der Waals surface area contributed by atoms with Crippen LogP contribution in [0, 0.1) is 0 Å². The third-order valence-corrected chi connectivity index (χ3v) is 4.09. The van der Waals surface area contributed by atoms with Gasteiger partial charge in [-0.1, -0.05) is 42.5 Å². The molecule has 1 aliphatic rings. The van der Waals surface area contributed by atoms with E-state index in [1.165, 1.54) is 11.8 Å². The van der Waals surface area contributed by atoms with Crippen molar-refractivity contribution < 1.29 is 14.4 Å². The van der Waals surface area contributed by atoms with Crippen molar-refractivity contribution in [3.8, 4) is 0 Å². The summed E-state index contributed by atoms with van der Waals surface area (Å²) in [5, 5.41) is 0. The SMILES string of the molecule is CC(=O)N1CCC(=O)N(CC(=O)c2ccccc2)c2ccccc21. The predicted molar refractivity (Wildman–Crippen MR) is 92.2 cm³/mol. The van der Waals surface area contributed by atoms with Crippen LogP contribution in [0.4, 0.5) is 11.4 Å². The molecule has 0 bridgehead atoms. The van der Waals surface area contributed by atoms with E-state index in [1.54, 1.807) is 47.4 Å². The highest BCUT2D eigenvalue weighted by molar-refractivity contribution is 6.09. The molecule has 2 aromatic rings. The topological polar surface area (TPSA) is 57.7 Å². The van der Waals surface area contributed by atoms with Gasteiger partial charge in [-0.15, -0.1) is 0 Å². The number of nitrogens with zero attached hydrogens (tertiary/aromatic N) is 2. The van der Waals surface area contributed by atoms with Crippen LogP contribution in [-0.4, -0.2) is 30.7 Å². The van der Waals surface area contributed by atoms with Crippen molar-refractivity contribution in [2.45, 2.75) is 13.3 Å². The number of hydrogen-bond acceptors (Lipinski definition) is 3. The molecule has 5 nitrogen and oxygen atoms in total. The highest BCUT2D eigenvalue weighted by Gasteiger charge is 2.29. The lowest BCUT2D eigenvalue weighted by molar-refractivity contribution is -0.118. The summed E-state index contributed by atoms with van der Waals surface area (Å²) < 4.78 is 0. The fourth-order valence-corrected chi connectivity index (χ4v) is 2.88. The summed E-state index contributed by atoms with van der Waals surface area (Å²) in [6, 6.07) is 16.1. The fraction of sp³-hybridized carbons (Fsp3) is 0.211. The number of benzene rings is 2. The first-order valence-electron chi connectivity index (χ1n) is 7.83. The molecule has 0 unspecified atom stereocenters. The van der Waals surface area contributed by atoms with E-state index in [1.807, 2.05) is 12.1 Å². The molecule has 1 aliphatic heterocycles. The van der Waals surface area contributed by atoms with Crippen LogP contribution in [0.2, 0.25) is 0 Å². The van der Waals surface area contributed by atoms with Crippen molar-refractivity contribution in [2.75, 3.05) is 22.9 Å². The molecular weight excluding hydrogens is 304 g/mol.